The number of benzene rings is 1. The molecule has 96 valence electrons. The molecule has 0 bridgehead atoms. The minimum Gasteiger partial charge on any atom is -0.476 e. The van der Waals surface area contributed by atoms with Gasteiger partial charge in [-0.3, -0.25) is 0 Å². The van der Waals surface area contributed by atoms with E-state index in [1.807, 2.05) is 0 Å². The Bertz CT molecular complexity index is 390. The van der Waals surface area contributed by atoms with E-state index in [0.717, 1.165) is 13.0 Å². The van der Waals surface area contributed by atoms with Gasteiger partial charge in [-0.05, 0) is 31.5 Å². The third-order valence-corrected chi connectivity index (χ3v) is 2.14. The highest BCUT2D eigenvalue weighted by molar-refractivity contribution is 5.29. The molecule has 0 aliphatic carbocycles. The molecule has 2 unspecified atom stereocenters. The summed E-state index contributed by atoms with van der Waals surface area (Å²) in [7, 11) is 0. The van der Waals surface area contributed by atoms with Crippen molar-refractivity contribution in [1.29, 1.82) is 0 Å². The van der Waals surface area contributed by atoms with E-state index in [1.54, 1.807) is 6.92 Å². The molecule has 0 fully saturated rings. The zero-order valence-electron chi connectivity index (χ0n) is 9.38. The van der Waals surface area contributed by atoms with Gasteiger partial charge in [0.15, 0.2) is 11.6 Å². The fourth-order valence-electron chi connectivity index (χ4n) is 1.31. The monoisotopic (exact) mass is 251 g/mol. The maximum atomic E-state index is 13.2. The van der Waals surface area contributed by atoms with E-state index in [-0.39, 0.29) is 0 Å². The average Bonchev–Trinajstić information content (AvgIpc) is 2.17. The summed E-state index contributed by atoms with van der Waals surface area (Å²) >= 11 is 0. The van der Waals surface area contributed by atoms with Crippen LogP contribution in [-0.2, 0) is 0 Å². The molecular weight excluding hydrogens is 238 g/mol. The largest absolute Gasteiger partial charge is 0.476 e. The van der Waals surface area contributed by atoms with E-state index >= 15 is 0 Å². The summed E-state index contributed by atoms with van der Waals surface area (Å²) < 4.78 is 55.6. The first-order valence-corrected chi connectivity index (χ1v) is 4.97. The van der Waals surface area contributed by atoms with Crippen LogP contribution < -0.4 is 10.5 Å². The number of hydrogen-bond acceptors (Lipinski definition) is 2. The lowest BCUT2D eigenvalue weighted by Gasteiger charge is -2.25. The molecule has 1 aromatic rings. The van der Waals surface area contributed by atoms with Crippen LogP contribution in [0.1, 0.15) is 12.5 Å². The Balaban J connectivity index is 2.98. The Morgan fingerprint density at radius 2 is 1.88 bits per heavy atom. The molecule has 0 radical (unpaired) electrons. The van der Waals surface area contributed by atoms with Gasteiger partial charge in [0.2, 0.25) is 6.10 Å². The molecule has 6 heteroatoms. The summed E-state index contributed by atoms with van der Waals surface area (Å²) in [6.45, 7) is 2.78. The van der Waals surface area contributed by atoms with Crippen molar-refractivity contribution in [3.8, 4) is 5.75 Å². The number of nitrogens with two attached hydrogens (primary N) is 1. The normalized spacial score (nSPS) is 15.5. The topological polar surface area (TPSA) is 35.2 Å². The first kappa shape index (κ1) is 13.8. The van der Waals surface area contributed by atoms with E-state index in [9.17, 15) is 17.6 Å². The van der Waals surface area contributed by atoms with Crippen LogP contribution in [0.25, 0.3) is 0 Å². The second-order valence-corrected chi connectivity index (χ2v) is 3.87. The third-order valence-electron chi connectivity index (χ3n) is 2.14. The van der Waals surface area contributed by atoms with Crippen molar-refractivity contribution in [2.75, 3.05) is 0 Å². The summed E-state index contributed by atoms with van der Waals surface area (Å²) in [5.74, 6) is -1.28. The van der Waals surface area contributed by atoms with Crippen molar-refractivity contribution in [3.05, 3.63) is 29.6 Å². The minimum absolute atomic E-state index is 0.440. The smallest absolute Gasteiger partial charge is 0.426 e. The standard InChI is InChI=1S/C11H13F4NO/c1-6-3-4-8(12)9(5-6)17-10(7(2)16)11(13,14)15/h3-5,7,10H,16H2,1-2H3. The minimum atomic E-state index is -4.63. The van der Waals surface area contributed by atoms with Crippen LogP contribution >= 0.6 is 0 Å². The maximum absolute atomic E-state index is 13.2. The van der Waals surface area contributed by atoms with Crippen LogP contribution in [0.5, 0.6) is 5.75 Å². The zero-order valence-corrected chi connectivity index (χ0v) is 9.38. The van der Waals surface area contributed by atoms with E-state index in [1.165, 1.54) is 12.1 Å². The molecule has 0 aliphatic heterocycles. The van der Waals surface area contributed by atoms with Crippen LogP contribution in [0.2, 0.25) is 0 Å². The fraction of sp³-hybridized carbons (Fsp3) is 0.455. The van der Waals surface area contributed by atoms with Crippen molar-refractivity contribution in [2.24, 2.45) is 5.73 Å². The van der Waals surface area contributed by atoms with E-state index in [0.29, 0.717) is 5.56 Å². The summed E-state index contributed by atoms with van der Waals surface area (Å²) in [4.78, 5) is 0. The summed E-state index contributed by atoms with van der Waals surface area (Å²) in [5, 5.41) is 0. The Labute approximate surface area is 96.4 Å². The predicted octanol–water partition coefficient (Wildman–Crippen LogP) is 2.79. The van der Waals surface area contributed by atoms with Gasteiger partial charge in [-0.2, -0.15) is 13.2 Å². The third kappa shape index (κ3) is 3.59. The van der Waals surface area contributed by atoms with Gasteiger partial charge in [-0.1, -0.05) is 6.07 Å². The van der Waals surface area contributed by atoms with Crippen molar-refractivity contribution in [3.63, 3.8) is 0 Å². The highest BCUT2D eigenvalue weighted by Crippen LogP contribution is 2.28. The van der Waals surface area contributed by atoms with Crippen molar-refractivity contribution in [2.45, 2.75) is 32.2 Å². The summed E-state index contributed by atoms with van der Waals surface area (Å²) in [6.07, 6.45) is -6.86. The highest BCUT2D eigenvalue weighted by atomic mass is 19.4. The lowest BCUT2D eigenvalue weighted by molar-refractivity contribution is -0.199. The van der Waals surface area contributed by atoms with Crippen LogP contribution in [-0.4, -0.2) is 18.3 Å². The molecule has 0 saturated heterocycles. The van der Waals surface area contributed by atoms with Gasteiger partial charge in [0.05, 0.1) is 0 Å². The van der Waals surface area contributed by atoms with E-state index in [2.05, 4.69) is 4.74 Å². The van der Waals surface area contributed by atoms with Crippen molar-refractivity contribution >= 4 is 0 Å². The SMILES string of the molecule is Cc1ccc(F)c(OC(C(C)N)C(F)(F)F)c1. The highest BCUT2D eigenvalue weighted by Gasteiger charge is 2.44. The van der Waals surface area contributed by atoms with Gasteiger partial charge in [0.25, 0.3) is 0 Å². The molecule has 1 aromatic carbocycles. The Hall–Kier alpha value is -1.30. The van der Waals surface area contributed by atoms with Crippen LogP contribution in [0.4, 0.5) is 17.6 Å². The van der Waals surface area contributed by atoms with E-state index in [4.69, 9.17) is 5.73 Å². The molecule has 0 amide bonds. The van der Waals surface area contributed by atoms with Crippen LogP contribution in [0.15, 0.2) is 18.2 Å². The average molecular weight is 251 g/mol. The van der Waals surface area contributed by atoms with Crippen molar-refractivity contribution in [1.82, 2.24) is 0 Å². The van der Waals surface area contributed by atoms with Gasteiger partial charge >= 0.3 is 6.18 Å². The molecule has 17 heavy (non-hydrogen) atoms. The van der Waals surface area contributed by atoms with Gasteiger partial charge in [0.1, 0.15) is 0 Å². The fourth-order valence-corrected chi connectivity index (χ4v) is 1.31. The van der Waals surface area contributed by atoms with Gasteiger partial charge in [-0.25, -0.2) is 4.39 Å². The lowest BCUT2D eigenvalue weighted by Crippen LogP contribution is -2.47. The Morgan fingerprint density at radius 1 is 1.29 bits per heavy atom. The second kappa shape index (κ2) is 4.91. The van der Waals surface area contributed by atoms with Gasteiger partial charge in [-0.15, -0.1) is 0 Å². The number of rotatable bonds is 3. The molecule has 0 heterocycles. The number of aryl methyl sites for hydroxylation is 1. The first-order valence-electron chi connectivity index (χ1n) is 4.97. The number of ether oxygens (including phenoxy) is 1. The molecule has 2 N–H and O–H groups in total. The second-order valence-electron chi connectivity index (χ2n) is 3.87. The molecule has 0 saturated carbocycles. The number of hydrogen-bond donors (Lipinski definition) is 1. The quantitative estimate of drug-likeness (QED) is 0.838. The lowest BCUT2D eigenvalue weighted by atomic mass is 10.2. The van der Waals surface area contributed by atoms with Crippen LogP contribution in [0, 0.1) is 12.7 Å². The maximum Gasteiger partial charge on any atom is 0.426 e. The molecule has 0 aromatic heterocycles. The Kier molecular flexibility index (Phi) is 3.98. The summed E-state index contributed by atoms with van der Waals surface area (Å²) in [5.41, 5.74) is 5.80. The molecule has 1 rings (SSSR count). The summed E-state index contributed by atoms with van der Waals surface area (Å²) in [6, 6.07) is 2.42. The van der Waals surface area contributed by atoms with E-state index < -0.39 is 29.9 Å². The molecule has 2 atom stereocenters. The van der Waals surface area contributed by atoms with Gasteiger partial charge < -0.3 is 10.5 Å². The molecule has 0 aliphatic rings. The van der Waals surface area contributed by atoms with Crippen molar-refractivity contribution < 1.29 is 22.3 Å². The first-order chi connectivity index (χ1) is 7.71. The molecule has 2 nitrogen and oxygen atoms in total. The number of alkyl halides is 3. The molecular formula is C11H13F4NO. The van der Waals surface area contributed by atoms with Crippen LogP contribution in [0.3, 0.4) is 0 Å². The predicted molar refractivity (Wildman–Crippen MR) is 55.3 cm³/mol. The Morgan fingerprint density at radius 3 is 2.35 bits per heavy atom. The zero-order chi connectivity index (χ0) is 13.2. The molecule has 0 spiro atoms. The number of halogens is 4. The van der Waals surface area contributed by atoms with Gasteiger partial charge in [0, 0.05) is 6.04 Å².